The van der Waals surface area contributed by atoms with E-state index in [-0.39, 0.29) is 24.7 Å². The Labute approximate surface area is 158 Å². The summed E-state index contributed by atoms with van der Waals surface area (Å²) >= 11 is 0. The second-order valence-corrected chi connectivity index (χ2v) is 6.52. The van der Waals surface area contributed by atoms with Gasteiger partial charge in [-0.05, 0) is 39.3 Å². The fourth-order valence-electron chi connectivity index (χ4n) is 3.10. The van der Waals surface area contributed by atoms with Crippen LogP contribution in [-0.2, 0) is 19.1 Å². The molecule has 1 aromatic heterocycles. The molecule has 0 aliphatic carbocycles. The van der Waals surface area contributed by atoms with Crippen LogP contribution in [0.4, 0.5) is 0 Å². The molecule has 1 aromatic rings. The maximum Gasteiger partial charge on any atom is 0.336 e. The summed E-state index contributed by atoms with van der Waals surface area (Å²) in [5.74, 6) is -2.40. The van der Waals surface area contributed by atoms with Crippen LogP contribution in [-0.4, -0.2) is 35.3 Å². The van der Waals surface area contributed by atoms with Gasteiger partial charge in [-0.2, -0.15) is 5.26 Å². The fraction of sp³-hybridized carbons (Fsp3) is 0.450. The lowest BCUT2D eigenvalue weighted by molar-refractivity contribution is -0.150. The molecule has 0 aromatic carbocycles. The van der Waals surface area contributed by atoms with Crippen LogP contribution in [0.2, 0.25) is 0 Å². The summed E-state index contributed by atoms with van der Waals surface area (Å²) in [4.78, 5) is 34.1. The van der Waals surface area contributed by atoms with Gasteiger partial charge in [-0.1, -0.05) is 6.07 Å². The van der Waals surface area contributed by atoms with Crippen LogP contribution >= 0.6 is 0 Å². The minimum absolute atomic E-state index is 0.0182. The Balaban J connectivity index is 2.50. The molecule has 0 fully saturated rings. The molecule has 2 unspecified atom stereocenters. The van der Waals surface area contributed by atoms with Crippen molar-refractivity contribution >= 4 is 17.7 Å². The van der Waals surface area contributed by atoms with Crippen molar-refractivity contribution in [3.05, 3.63) is 41.4 Å². The van der Waals surface area contributed by atoms with E-state index in [2.05, 4.69) is 9.98 Å². The Morgan fingerprint density at radius 2 is 2.07 bits per heavy atom. The molecule has 27 heavy (non-hydrogen) atoms. The largest absolute Gasteiger partial charge is 0.462 e. The Kier molecular flexibility index (Phi) is 6.83. The molecular formula is C20H23N3O4. The zero-order valence-corrected chi connectivity index (χ0v) is 15.9. The molecule has 0 N–H and O–H groups in total. The van der Waals surface area contributed by atoms with Crippen molar-refractivity contribution in [3.63, 3.8) is 0 Å². The molecule has 1 aliphatic rings. The van der Waals surface area contributed by atoms with Gasteiger partial charge in [-0.3, -0.25) is 14.8 Å². The Bertz CT molecular complexity index is 806. The number of nitriles is 1. The number of carbonyl (C=O) groups is 2. The highest BCUT2D eigenvalue weighted by molar-refractivity contribution is 6.07. The number of hydrogen-bond acceptors (Lipinski definition) is 7. The van der Waals surface area contributed by atoms with Crippen molar-refractivity contribution in [1.82, 2.24) is 4.98 Å². The molecule has 0 spiro atoms. The normalized spacial score (nSPS) is 19.3. The van der Waals surface area contributed by atoms with E-state index in [9.17, 15) is 9.59 Å². The van der Waals surface area contributed by atoms with E-state index in [1.54, 1.807) is 46.2 Å². The highest BCUT2D eigenvalue weighted by Crippen LogP contribution is 2.39. The molecule has 0 radical (unpaired) electrons. The first-order valence-corrected chi connectivity index (χ1v) is 8.77. The highest BCUT2D eigenvalue weighted by Gasteiger charge is 2.42. The smallest absolute Gasteiger partial charge is 0.336 e. The Morgan fingerprint density at radius 3 is 2.67 bits per heavy atom. The van der Waals surface area contributed by atoms with E-state index in [4.69, 9.17) is 14.7 Å². The summed E-state index contributed by atoms with van der Waals surface area (Å²) in [5.41, 5.74) is 2.04. The molecule has 2 rings (SSSR count). The molecular weight excluding hydrogens is 346 g/mol. The zero-order valence-electron chi connectivity index (χ0n) is 15.9. The predicted octanol–water partition coefficient (Wildman–Crippen LogP) is 2.94. The van der Waals surface area contributed by atoms with E-state index in [1.165, 1.54) is 0 Å². The van der Waals surface area contributed by atoms with E-state index in [1.807, 2.05) is 12.1 Å². The van der Waals surface area contributed by atoms with E-state index >= 15 is 0 Å². The van der Waals surface area contributed by atoms with Crippen molar-refractivity contribution < 1.29 is 19.1 Å². The maximum atomic E-state index is 12.8. The highest BCUT2D eigenvalue weighted by atomic mass is 16.5. The molecule has 0 amide bonds. The molecule has 0 saturated heterocycles. The van der Waals surface area contributed by atoms with Crippen LogP contribution in [0.25, 0.3) is 0 Å². The molecule has 142 valence electrons. The van der Waals surface area contributed by atoms with Crippen LogP contribution in [0, 0.1) is 17.2 Å². The average Bonchev–Trinajstić information content (AvgIpc) is 2.61. The third kappa shape index (κ3) is 4.79. The minimum Gasteiger partial charge on any atom is -0.462 e. The monoisotopic (exact) mass is 369 g/mol. The number of nitrogens with zero attached hydrogens (tertiary/aromatic N) is 3. The Morgan fingerprint density at radius 1 is 1.33 bits per heavy atom. The van der Waals surface area contributed by atoms with Gasteiger partial charge in [-0.15, -0.1) is 0 Å². The van der Waals surface area contributed by atoms with Gasteiger partial charge in [0.2, 0.25) is 0 Å². The molecule has 0 bridgehead atoms. The number of hydrogen-bond donors (Lipinski definition) is 0. The van der Waals surface area contributed by atoms with Gasteiger partial charge in [0.05, 0.1) is 24.2 Å². The SMILES string of the molecule is CC1=NC(C)=C(C(=O)OCCC#N)C(c2cccnc2)C1C(=O)OC(C)C. The van der Waals surface area contributed by atoms with Crippen LogP contribution in [0.15, 0.2) is 40.8 Å². The van der Waals surface area contributed by atoms with E-state index < -0.39 is 23.8 Å². The Hall–Kier alpha value is -3.01. The van der Waals surface area contributed by atoms with Crippen molar-refractivity contribution in [2.75, 3.05) is 6.61 Å². The summed E-state index contributed by atoms with van der Waals surface area (Å²) in [6.45, 7) is 6.97. The van der Waals surface area contributed by atoms with Gasteiger partial charge in [0.1, 0.15) is 12.5 Å². The summed E-state index contributed by atoms with van der Waals surface area (Å²) < 4.78 is 10.6. The summed E-state index contributed by atoms with van der Waals surface area (Å²) in [5, 5.41) is 8.66. The maximum absolute atomic E-state index is 12.8. The number of aliphatic imine (C=N–C) groups is 1. The molecule has 0 saturated carbocycles. The lowest BCUT2D eigenvalue weighted by Crippen LogP contribution is -2.37. The topological polar surface area (TPSA) is 102 Å². The second-order valence-electron chi connectivity index (χ2n) is 6.52. The first-order valence-electron chi connectivity index (χ1n) is 8.77. The van der Waals surface area contributed by atoms with Gasteiger partial charge in [0, 0.05) is 29.7 Å². The lowest BCUT2D eigenvalue weighted by Gasteiger charge is -2.31. The van der Waals surface area contributed by atoms with Crippen LogP contribution < -0.4 is 0 Å². The number of esters is 2. The number of aromatic nitrogens is 1. The molecule has 2 heterocycles. The quantitative estimate of drug-likeness (QED) is 0.564. The summed E-state index contributed by atoms with van der Waals surface area (Å²) in [7, 11) is 0. The molecule has 7 nitrogen and oxygen atoms in total. The van der Waals surface area contributed by atoms with Crippen LogP contribution in [0.1, 0.15) is 45.6 Å². The van der Waals surface area contributed by atoms with Gasteiger partial charge in [0.15, 0.2) is 0 Å². The molecule has 7 heteroatoms. The van der Waals surface area contributed by atoms with Crippen molar-refractivity contribution in [1.29, 1.82) is 5.26 Å². The number of ether oxygens (including phenoxy) is 2. The average molecular weight is 369 g/mol. The van der Waals surface area contributed by atoms with E-state index in [0.717, 1.165) is 0 Å². The van der Waals surface area contributed by atoms with Crippen LogP contribution in [0.5, 0.6) is 0 Å². The van der Waals surface area contributed by atoms with Gasteiger partial charge >= 0.3 is 11.9 Å². The van der Waals surface area contributed by atoms with Crippen molar-refractivity contribution in [2.24, 2.45) is 10.9 Å². The molecule has 2 atom stereocenters. The summed E-state index contributed by atoms with van der Waals surface area (Å²) in [6, 6.07) is 5.48. The first-order chi connectivity index (χ1) is 12.9. The molecule has 1 aliphatic heterocycles. The van der Waals surface area contributed by atoms with Gasteiger partial charge in [-0.25, -0.2) is 4.79 Å². The number of allylic oxidation sites excluding steroid dienone is 1. The first kappa shape index (κ1) is 20.3. The fourth-order valence-corrected chi connectivity index (χ4v) is 3.10. The predicted molar refractivity (Wildman–Crippen MR) is 98.7 cm³/mol. The standard InChI is InChI=1S/C20H23N3O4/c1-12(2)27-20(25)17-14(4)23-13(3)16(19(24)26-10-6-8-21)18(17)15-7-5-9-22-11-15/h5,7,9,11-12,17-18H,6,10H2,1-4H3. The minimum atomic E-state index is -0.751. The van der Waals surface area contributed by atoms with Crippen molar-refractivity contribution in [2.45, 2.75) is 46.1 Å². The van der Waals surface area contributed by atoms with Gasteiger partial charge < -0.3 is 9.47 Å². The van der Waals surface area contributed by atoms with Crippen LogP contribution in [0.3, 0.4) is 0 Å². The third-order valence-corrected chi connectivity index (χ3v) is 4.14. The number of pyridine rings is 1. The summed E-state index contributed by atoms with van der Waals surface area (Å²) in [6.07, 6.45) is 3.04. The second kappa shape index (κ2) is 9.08. The lowest BCUT2D eigenvalue weighted by atomic mass is 9.76. The number of rotatable bonds is 6. The zero-order chi connectivity index (χ0) is 20.0. The number of carbonyl (C=O) groups excluding carboxylic acids is 2. The third-order valence-electron chi connectivity index (χ3n) is 4.14. The van der Waals surface area contributed by atoms with E-state index in [0.29, 0.717) is 17.0 Å². The van der Waals surface area contributed by atoms with Crippen molar-refractivity contribution in [3.8, 4) is 6.07 Å². The van der Waals surface area contributed by atoms with Gasteiger partial charge in [0.25, 0.3) is 0 Å².